The van der Waals surface area contributed by atoms with E-state index < -0.39 is 0 Å². The molecule has 1 aromatic carbocycles. The third-order valence-corrected chi connectivity index (χ3v) is 3.17. The molecule has 1 saturated heterocycles. The predicted octanol–water partition coefficient (Wildman–Crippen LogP) is 2.11. The maximum Gasteiger partial charge on any atom is 0.158 e. The van der Waals surface area contributed by atoms with Crippen LogP contribution in [0.1, 0.15) is 25.3 Å². The highest BCUT2D eigenvalue weighted by atomic mass is 16.7. The largest absolute Gasteiger partial charge is 0.394 e. The summed E-state index contributed by atoms with van der Waals surface area (Å²) in [7, 11) is 0. The fraction of sp³-hybridized carbons (Fsp3) is 0.600. The molecule has 0 aliphatic carbocycles. The van der Waals surface area contributed by atoms with Crippen molar-refractivity contribution < 1.29 is 19.3 Å². The van der Waals surface area contributed by atoms with Gasteiger partial charge in [-0.25, -0.2) is 0 Å². The van der Waals surface area contributed by atoms with Gasteiger partial charge < -0.3 is 19.3 Å². The van der Waals surface area contributed by atoms with Gasteiger partial charge in [0.2, 0.25) is 0 Å². The van der Waals surface area contributed by atoms with Gasteiger partial charge in [-0.1, -0.05) is 43.7 Å². The van der Waals surface area contributed by atoms with E-state index >= 15 is 0 Å². The van der Waals surface area contributed by atoms with Crippen LogP contribution >= 0.6 is 0 Å². The minimum Gasteiger partial charge on any atom is -0.394 e. The van der Waals surface area contributed by atoms with Crippen LogP contribution in [0.5, 0.6) is 0 Å². The van der Waals surface area contributed by atoms with Crippen molar-refractivity contribution in [2.75, 3.05) is 13.2 Å². The Bertz CT molecular complexity index is 354. The predicted molar refractivity (Wildman–Crippen MR) is 71.6 cm³/mol. The molecule has 106 valence electrons. The fourth-order valence-electron chi connectivity index (χ4n) is 2.14. The second-order valence-corrected chi connectivity index (χ2v) is 4.75. The Hall–Kier alpha value is -0.940. The molecule has 0 spiro atoms. The highest BCUT2D eigenvalue weighted by molar-refractivity contribution is 5.13. The van der Waals surface area contributed by atoms with E-state index in [1.165, 1.54) is 0 Å². The number of aliphatic hydroxyl groups excluding tert-OH is 1. The quantitative estimate of drug-likeness (QED) is 0.821. The van der Waals surface area contributed by atoms with Crippen LogP contribution in [-0.2, 0) is 20.8 Å². The third-order valence-electron chi connectivity index (χ3n) is 3.17. The van der Waals surface area contributed by atoms with Crippen molar-refractivity contribution in [1.82, 2.24) is 0 Å². The highest BCUT2D eigenvalue weighted by Crippen LogP contribution is 2.22. The summed E-state index contributed by atoms with van der Waals surface area (Å²) in [5.74, 6) is 0. The van der Waals surface area contributed by atoms with Gasteiger partial charge in [0.1, 0.15) is 12.2 Å². The molecule has 0 amide bonds. The number of rotatable bonds is 7. The normalized spacial score (nSPS) is 26.7. The first-order valence-corrected chi connectivity index (χ1v) is 6.87. The Balaban J connectivity index is 1.75. The van der Waals surface area contributed by atoms with Gasteiger partial charge in [0.25, 0.3) is 0 Å². The molecule has 3 unspecified atom stereocenters. The lowest BCUT2D eigenvalue weighted by atomic mass is 10.2. The highest BCUT2D eigenvalue weighted by Gasteiger charge is 2.35. The van der Waals surface area contributed by atoms with Gasteiger partial charge in [-0.2, -0.15) is 0 Å². The molecule has 1 heterocycles. The van der Waals surface area contributed by atoms with Gasteiger partial charge in [0.15, 0.2) is 6.29 Å². The Morgan fingerprint density at radius 3 is 2.58 bits per heavy atom. The molecular formula is C15H22O4. The molecule has 0 bridgehead atoms. The van der Waals surface area contributed by atoms with Gasteiger partial charge in [-0.05, 0) is 12.0 Å². The summed E-state index contributed by atoms with van der Waals surface area (Å²) >= 11 is 0. The zero-order chi connectivity index (χ0) is 13.5. The summed E-state index contributed by atoms with van der Waals surface area (Å²) < 4.78 is 17.0. The van der Waals surface area contributed by atoms with Crippen molar-refractivity contribution in [1.29, 1.82) is 0 Å². The Labute approximate surface area is 114 Å². The van der Waals surface area contributed by atoms with Crippen LogP contribution in [0.25, 0.3) is 0 Å². The Kier molecular flexibility index (Phi) is 5.79. The minimum absolute atomic E-state index is 0.0282. The van der Waals surface area contributed by atoms with Crippen molar-refractivity contribution in [3.63, 3.8) is 0 Å². The van der Waals surface area contributed by atoms with E-state index in [4.69, 9.17) is 14.2 Å². The molecule has 1 aliphatic rings. The maximum atomic E-state index is 9.28. The Morgan fingerprint density at radius 2 is 1.89 bits per heavy atom. The monoisotopic (exact) mass is 266 g/mol. The van der Waals surface area contributed by atoms with E-state index in [1.54, 1.807) is 0 Å². The smallest absolute Gasteiger partial charge is 0.158 e. The molecule has 1 fully saturated rings. The van der Waals surface area contributed by atoms with E-state index in [2.05, 4.69) is 6.92 Å². The second-order valence-electron chi connectivity index (χ2n) is 4.75. The second kappa shape index (κ2) is 7.60. The third kappa shape index (κ3) is 4.28. The topological polar surface area (TPSA) is 47.9 Å². The molecule has 0 aromatic heterocycles. The van der Waals surface area contributed by atoms with Crippen LogP contribution in [-0.4, -0.2) is 36.8 Å². The molecule has 2 rings (SSSR count). The summed E-state index contributed by atoms with van der Waals surface area (Å²) in [4.78, 5) is 0. The summed E-state index contributed by atoms with van der Waals surface area (Å²) in [6.07, 6.45) is 1.21. The zero-order valence-corrected chi connectivity index (χ0v) is 11.3. The van der Waals surface area contributed by atoms with Crippen LogP contribution in [0, 0.1) is 0 Å². The van der Waals surface area contributed by atoms with E-state index in [0.717, 1.165) is 18.4 Å². The molecule has 0 saturated carbocycles. The number of hydrogen-bond donors (Lipinski definition) is 1. The first-order valence-electron chi connectivity index (χ1n) is 6.87. The first-order chi connectivity index (χ1) is 9.33. The minimum atomic E-state index is -0.271. The van der Waals surface area contributed by atoms with Crippen LogP contribution < -0.4 is 0 Å². The van der Waals surface area contributed by atoms with E-state index in [-0.39, 0.29) is 25.1 Å². The van der Waals surface area contributed by atoms with Crippen molar-refractivity contribution in [2.45, 2.75) is 44.9 Å². The number of benzene rings is 1. The molecule has 3 atom stereocenters. The summed E-state index contributed by atoms with van der Waals surface area (Å²) in [5.41, 5.74) is 1.13. The molecule has 1 aromatic rings. The maximum absolute atomic E-state index is 9.28. The van der Waals surface area contributed by atoms with Gasteiger partial charge in [0.05, 0.1) is 19.8 Å². The standard InChI is InChI=1S/C15H22O4/c1-2-6-15-18-13(9-16)14(19-15)11-17-10-12-7-4-3-5-8-12/h3-5,7-8,13-16H,2,6,9-11H2,1H3. The van der Waals surface area contributed by atoms with E-state index in [1.807, 2.05) is 30.3 Å². The van der Waals surface area contributed by atoms with Crippen molar-refractivity contribution in [2.24, 2.45) is 0 Å². The number of hydrogen-bond acceptors (Lipinski definition) is 4. The van der Waals surface area contributed by atoms with Crippen molar-refractivity contribution in [3.05, 3.63) is 35.9 Å². The van der Waals surface area contributed by atoms with Crippen molar-refractivity contribution >= 4 is 0 Å². The first kappa shape index (κ1) is 14.5. The molecule has 1 N–H and O–H groups in total. The number of ether oxygens (including phenoxy) is 3. The van der Waals surface area contributed by atoms with E-state index in [9.17, 15) is 5.11 Å². The molecule has 19 heavy (non-hydrogen) atoms. The fourth-order valence-corrected chi connectivity index (χ4v) is 2.14. The van der Waals surface area contributed by atoms with Crippen LogP contribution in [0.15, 0.2) is 30.3 Å². The van der Waals surface area contributed by atoms with Crippen LogP contribution in [0.2, 0.25) is 0 Å². The average Bonchev–Trinajstić information content (AvgIpc) is 2.83. The zero-order valence-electron chi connectivity index (χ0n) is 11.3. The van der Waals surface area contributed by atoms with Crippen LogP contribution in [0.4, 0.5) is 0 Å². The average molecular weight is 266 g/mol. The van der Waals surface area contributed by atoms with Gasteiger partial charge in [-0.3, -0.25) is 0 Å². The van der Waals surface area contributed by atoms with Gasteiger partial charge in [0, 0.05) is 0 Å². The lowest BCUT2D eigenvalue weighted by Crippen LogP contribution is -2.30. The SMILES string of the molecule is CCCC1OC(CO)C(COCc2ccccc2)O1. The Morgan fingerprint density at radius 1 is 1.16 bits per heavy atom. The van der Waals surface area contributed by atoms with Gasteiger partial charge >= 0.3 is 0 Å². The van der Waals surface area contributed by atoms with Gasteiger partial charge in [-0.15, -0.1) is 0 Å². The molecule has 1 aliphatic heterocycles. The summed E-state index contributed by atoms with van der Waals surface area (Å²) in [6.45, 7) is 3.05. The summed E-state index contributed by atoms with van der Waals surface area (Å²) in [6, 6.07) is 10.0. The molecule has 0 radical (unpaired) electrons. The lowest BCUT2D eigenvalue weighted by molar-refractivity contribution is -0.0821. The molecular weight excluding hydrogens is 244 g/mol. The molecule has 4 heteroatoms. The molecule has 4 nitrogen and oxygen atoms in total. The van der Waals surface area contributed by atoms with E-state index in [0.29, 0.717) is 13.2 Å². The summed E-state index contributed by atoms with van der Waals surface area (Å²) in [5, 5.41) is 9.28. The van der Waals surface area contributed by atoms with Crippen molar-refractivity contribution in [3.8, 4) is 0 Å². The van der Waals surface area contributed by atoms with Crippen LogP contribution in [0.3, 0.4) is 0 Å². The lowest BCUT2D eigenvalue weighted by Gasteiger charge is -2.14. The number of aliphatic hydroxyl groups is 1.